The molecule has 1 heterocycles. The van der Waals surface area contributed by atoms with Gasteiger partial charge in [0, 0.05) is 23.9 Å². The Morgan fingerprint density at radius 2 is 2.22 bits per heavy atom. The lowest BCUT2D eigenvalue weighted by atomic mass is 9.78. The number of carbonyl (C=O) groups excluding carboxylic acids is 1. The van der Waals surface area contributed by atoms with Crippen molar-refractivity contribution in [1.82, 2.24) is 10.3 Å². The van der Waals surface area contributed by atoms with E-state index in [1.54, 1.807) is 0 Å². The number of aromatic nitrogens is 1. The Kier molecular flexibility index (Phi) is 3.94. The van der Waals surface area contributed by atoms with Crippen LogP contribution in [-0.2, 0) is 0 Å². The van der Waals surface area contributed by atoms with Gasteiger partial charge in [-0.05, 0) is 24.3 Å². The predicted molar refractivity (Wildman–Crippen MR) is 67.6 cm³/mol. The minimum absolute atomic E-state index is 0.192. The summed E-state index contributed by atoms with van der Waals surface area (Å²) in [4.78, 5) is 15.5. The Balaban J connectivity index is 2.03. The van der Waals surface area contributed by atoms with Crippen LogP contribution in [0.2, 0.25) is 0 Å². The van der Waals surface area contributed by atoms with Crippen molar-refractivity contribution < 1.29 is 9.18 Å². The van der Waals surface area contributed by atoms with Crippen molar-refractivity contribution in [1.29, 1.82) is 0 Å². The first kappa shape index (κ1) is 13.0. The highest BCUT2D eigenvalue weighted by Crippen LogP contribution is 2.29. The van der Waals surface area contributed by atoms with Gasteiger partial charge in [-0.2, -0.15) is 4.39 Å². The number of nitrogens with zero attached hydrogens (tertiary/aromatic N) is 1. The molecular weight excluding hydrogens is 231 g/mol. The average Bonchev–Trinajstić information content (AvgIpc) is 2.35. The van der Waals surface area contributed by atoms with Gasteiger partial charge in [-0.15, -0.1) is 0 Å². The van der Waals surface area contributed by atoms with Crippen LogP contribution in [0.15, 0.2) is 18.3 Å². The summed E-state index contributed by atoms with van der Waals surface area (Å²) < 4.78 is 13.0. The van der Waals surface area contributed by atoms with Crippen molar-refractivity contribution in [3.05, 3.63) is 29.8 Å². The maximum Gasteiger partial charge on any atom is 0.251 e. The fraction of sp³-hybridized carbons (Fsp3) is 0.571. The zero-order valence-corrected chi connectivity index (χ0v) is 10.8. The molecule has 2 rings (SSSR count). The normalized spacial score (nSPS) is 27.8. The largest absolute Gasteiger partial charge is 0.349 e. The molecule has 1 N–H and O–H groups in total. The Morgan fingerprint density at radius 3 is 2.94 bits per heavy atom. The van der Waals surface area contributed by atoms with E-state index < -0.39 is 5.95 Å². The van der Waals surface area contributed by atoms with Crippen LogP contribution in [0, 0.1) is 17.8 Å². The van der Waals surface area contributed by atoms with Crippen molar-refractivity contribution in [3.63, 3.8) is 0 Å². The lowest BCUT2D eigenvalue weighted by molar-refractivity contribution is 0.0890. The third kappa shape index (κ3) is 2.86. The highest BCUT2D eigenvalue weighted by Gasteiger charge is 2.28. The van der Waals surface area contributed by atoms with E-state index in [0.29, 0.717) is 17.4 Å². The molecule has 0 aromatic carbocycles. The molecular formula is C14H19FN2O. The summed E-state index contributed by atoms with van der Waals surface area (Å²) in [6, 6.07) is 2.90. The number of pyridine rings is 1. The number of halogens is 1. The molecule has 0 saturated heterocycles. The zero-order valence-electron chi connectivity index (χ0n) is 10.8. The van der Waals surface area contributed by atoms with E-state index in [2.05, 4.69) is 24.1 Å². The van der Waals surface area contributed by atoms with Gasteiger partial charge < -0.3 is 5.32 Å². The first-order valence-electron chi connectivity index (χ1n) is 6.50. The Hall–Kier alpha value is -1.45. The van der Waals surface area contributed by atoms with Crippen LogP contribution in [-0.4, -0.2) is 16.9 Å². The molecule has 1 aliphatic carbocycles. The number of hydrogen-bond donors (Lipinski definition) is 1. The molecule has 0 aliphatic heterocycles. The second kappa shape index (κ2) is 5.46. The molecule has 18 heavy (non-hydrogen) atoms. The number of nitrogens with one attached hydrogen (secondary N) is 1. The van der Waals surface area contributed by atoms with Gasteiger partial charge in [0.05, 0.1) is 0 Å². The number of rotatable bonds is 2. The Morgan fingerprint density at radius 1 is 1.44 bits per heavy atom. The average molecular weight is 250 g/mol. The fourth-order valence-corrected chi connectivity index (χ4v) is 2.58. The highest BCUT2D eigenvalue weighted by atomic mass is 19.1. The molecule has 3 nitrogen and oxygen atoms in total. The van der Waals surface area contributed by atoms with Crippen LogP contribution in [0.3, 0.4) is 0 Å². The quantitative estimate of drug-likeness (QED) is 0.820. The second-order valence-corrected chi connectivity index (χ2v) is 5.21. The van der Waals surface area contributed by atoms with Gasteiger partial charge in [0.15, 0.2) is 0 Å². The van der Waals surface area contributed by atoms with E-state index >= 15 is 0 Å². The molecule has 1 aromatic heterocycles. The SMILES string of the molecule is C[C@H]1[C@@H](C)CCC[C@H]1NC(=O)c1ccnc(F)c1. The summed E-state index contributed by atoms with van der Waals surface area (Å²) in [5.74, 6) is 0.266. The van der Waals surface area contributed by atoms with Crippen molar-refractivity contribution in [2.24, 2.45) is 11.8 Å². The first-order valence-corrected chi connectivity index (χ1v) is 6.50. The van der Waals surface area contributed by atoms with Crippen LogP contribution < -0.4 is 5.32 Å². The van der Waals surface area contributed by atoms with Gasteiger partial charge in [-0.3, -0.25) is 4.79 Å². The first-order chi connectivity index (χ1) is 8.58. The summed E-state index contributed by atoms with van der Waals surface area (Å²) in [5, 5.41) is 3.01. The van der Waals surface area contributed by atoms with Crippen molar-refractivity contribution in [2.45, 2.75) is 39.2 Å². The summed E-state index contributed by atoms with van der Waals surface area (Å²) >= 11 is 0. The van der Waals surface area contributed by atoms with Crippen LogP contribution in [0.1, 0.15) is 43.5 Å². The van der Waals surface area contributed by atoms with Gasteiger partial charge >= 0.3 is 0 Å². The van der Waals surface area contributed by atoms with Crippen LogP contribution in [0.25, 0.3) is 0 Å². The van der Waals surface area contributed by atoms with Gasteiger partial charge in [0.25, 0.3) is 5.91 Å². The summed E-state index contributed by atoms with van der Waals surface area (Å²) in [7, 11) is 0. The molecule has 98 valence electrons. The molecule has 1 aromatic rings. The molecule has 0 radical (unpaired) electrons. The minimum Gasteiger partial charge on any atom is -0.349 e. The third-order valence-corrected chi connectivity index (χ3v) is 4.01. The number of hydrogen-bond acceptors (Lipinski definition) is 2. The highest BCUT2D eigenvalue weighted by molar-refractivity contribution is 5.94. The van der Waals surface area contributed by atoms with Crippen molar-refractivity contribution in [3.8, 4) is 0 Å². The molecule has 3 atom stereocenters. The Bertz CT molecular complexity index is 436. The lowest BCUT2D eigenvalue weighted by Crippen LogP contribution is -2.43. The monoisotopic (exact) mass is 250 g/mol. The van der Waals surface area contributed by atoms with Crippen molar-refractivity contribution >= 4 is 5.91 Å². The van der Waals surface area contributed by atoms with Crippen molar-refractivity contribution in [2.75, 3.05) is 0 Å². The number of amides is 1. The van der Waals surface area contributed by atoms with E-state index in [-0.39, 0.29) is 11.9 Å². The molecule has 0 unspecified atom stereocenters. The summed E-state index contributed by atoms with van der Waals surface area (Å²) in [6.45, 7) is 4.39. The Labute approximate surface area is 107 Å². The van der Waals surface area contributed by atoms with E-state index in [4.69, 9.17) is 0 Å². The third-order valence-electron chi connectivity index (χ3n) is 4.01. The summed E-state index contributed by atoms with van der Waals surface area (Å²) in [5.41, 5.74) is 0.341. The summed E-state index contributed by atoms with van der Waals surface area (Å²) in [6.07, 6.45) is 4.68. The van der Waals surface area contributed by atoms with E-state index in [9.17, 15) is 9.18 Å². The van der Waals surface area contributed by atoms with E-state index in [0.717, 1.165) is 12.8 Å². The minimum atomic E-state index is -0.618. The molecule has 1 fully saturated rings. The molecule has 0 bridgehead atoms. The van der Waals surface area contributed by atoms with Gasteiger partial charge in [-0.1, -0.05) is 26.7 Å². The van der Waals surface area contributed by atoms with E-state index in [1.165, 1.54) is 24.8 Å². The fourth-order valence-electron chi connectivity index (χ4n) is 2.58. The molecule has 1 saturated carbocycles. The molecule has 0 spiro atoms. The smallest absolute Gasteiger partial charge is 0.251 e. The van der Waals surface area contributed by atoms with Crippen LogP contribution >= 0.6 is 0 Å². The van der Waals surface area contributed by atoms with Crippen LogP contribution in [0.5, 0.6) is 0 Å². The van der Waals surface area contributed by atoms with Gasteiger partial charge in [0.2, 0.25) is 5.95 Å². The molecule has 1 amide bonds. The van der Waals surface area contributed by atoms with E-state index in [1.807, 2.05) is 0 Å². The van der Waals surface area contributed by atoms with Gasteiger partial charge in [-0.25, -0.2) is 4.98 Å². The zero-order chi connectivity index (χ0) is 13.1. The molecule has 4 heteroatoms. The maximum absolute atomic E-state index is 13.0. The van der Waals surface area contributed by atoms with Gasteiger partial charge in [0.1, 0.15) is 0 Å². The van der Waals surface area contributed by atoms with Crippen LogP contribution in [0.4, 0.5) is 4.39 Å². The lowest BCUT2D eigenvalue weighted by Gasteiger charge is -2.34. The topological polar surface area (TPSA) is 42.0 Å². The predicted octanol–water partition coefficient (Wildman–Crippen LogP) is 2.78. The maximum atomic E-state index is 13.0. The second-order valence-electron chi connectivity index (χ2n) is 5.21. The number of carbonyl (C=O) groups is 1. The standard InChI is InChI=1S/C14H19FN2O/c1-9-4-3-5-12(10(9)2)17-14(18)11-6-7-16-13(15)8-11/h6-10,12H,3-5H2,1-2H3,(H,17,18)/t9-,10-,12+/m0/s1. The molecule has 1 aliphatic rings.